The van der Waals surface area contributed by atoms with Crippen molar-refractivity contribution in [1.29, 1.82) is 5.26 Å². The van der Waals surface area contributed by atoms with Crippen LogP contribution in [0, 0.1) is 17.2 Å². The maximum atomic E-state index is 9.67. The molecule has 2 aliphatic rings. The Hall–Kier alpha value is -1.71. The number of nitrogens with zero attached hydrogens (tertiary/aromatic N) is 5. The molecule has 0 spiro atoms. The van der Waals surface area contributed by atoms with E-state index < -0.39 is 0 Å². The van der Waals surface area contributed by atoms with Crippen LogP contribution in [0.25, 0.3) is 0 Å². The van der Waals surface area contributed by atoms with Crippen LogP contribution in [0.3, 0.4) is 0 Å². The molecule has 6 heteroatoms. The van der Waals surface area contributed by atoms with Crippen molar-refractivity contribution < 1.29 is 4.74 Å². The molecule has 0 aromatic carbocycles. The number of aromatic nitrogens is 2. The number of nitriles is 1. The molecule has 1 unspecified atom stereocenters. The monoisotopic (exact) mass is 329 g/mol. The first-order chi connectivity index (χ1) is 11.8. The van der Waals surface area contributed by atoms with Crippen LogP contribution in [-0.4, -0.2) is 61.0 Å². The third-order valence-electron chi connectivity index (χ3n) is 5.14. The molecule has 0 radical (unpaired) electrons. The lowest BCUT2D eigenvalue weighted by molar-refractivity contribution is 0.0320. The molecule has 1 aromatic heterocycles. The fraction of sp³-hybridized carbons (Fsp3) is 0.722. The number of anilines is 1. The zero-order chi connectivity index (χ0) is 16.9. The van der Waals surface area contributed by atoms with Gasteiger partial charge in [0.25, 0.3) is 0 Å². The molecule has 0 saturated carbocycles. The van der Waals surface area contributed by atoms with Crippen molar-refractivity contribution in [3.05, 3.63) is 16.8 Å². The first kappa shape index (κ1) is 17.1. The molecule has 130 valence electrons. The molecule has 2 saturated heterocycles. The van der Waals surface area contributed by atoms with E-state index in [9.17, 15) is 5.26 Å². The van der Waals surface area contributed by atoms with E-state index in [0.29, 0.717) is 5.92 Å². The van der Waals surface area contributed by atoms with Crippen molar-refractivity contribution in [1.82, 2.24) is 15.1 Å². The normalized spacial score (nSPS) is 21.9. The highest BCUT2D eigenvalue weighted by Crippen LogP contribution is 2.28. The minimum absolute atomic E-state index is 0.632. The second-order valence-corrected chi connectivity index (χ2v) is 6.66. The summed E-state index contributed by atoms with van der Waals surface area (Å²) in [6.07, 6.45) is 2.81. The summed E-state index contributed by atoms with van der Waals surface area (Å²) in [7, 11) is 0. The van der Waals surface area contributed by atoms with Gasteiger partial charge in [0.15, 0.2) is 5.82 Å². The van der Waals surface area contributed by atoms with Gasteiger partial charge in [-0.25, -0.2) is 0 Å². The summed E-state index contributed by atoms with van der Waals surface area (Å²) >= 11 is 0. The fourth-order valence-electron chi connectivity index (χ4n) is 3.82. The Morgan fingerprint density at radius 1 is 1.17 bits per heavy atom. The van der Waals surface area contributed by atoms with E-state index in [0.717, 1.165) is 87.8 Å². The second kappa shape index (κ2) is 7.91. The predicted octanol–water partition coefficient (Wildman–Crippen LogP) is 1.63. The van der Waals surface area contributed by atoms with E-state index >= 15 is 0 Å². The smallest absolute Gasteiger partial charge is 0.169 e. The molecule has 24 heavy (non-hydrogen) atoms. The zero-order valence-corrected chi connectivity index (χ0v) is 14.8. The minimum Gasteiger partial charge on any atom is -0.379 e. The summed E-state index contributed by atoms with van der Waals surface area (Å²) < 4.78 is 5.43. The van der Waals surface area contributed by atoms with Gasteiger partial charge in [-0.3, -0.25) is 4.90 Å². The lowest BCUT2D eigenvalue weighted by atomic mass is 10.0. The lowest BCUT2D eigenvalue weighted by Crippen LogP contribution is -2.40. The molecule has 1 aromatic rings. The van der Waals surface area contributed by atoms with Crippen molar-refractivity contribution in [3.63, 3.8) is 0 Å². The molecule has 3 heterocycles. The number of aryl methyl sites for hydroxylation is 1. The molecule has 0 bridgehead atoms. The Morgan fingerprint density at radius 2 is 1.96 bits per heavy atom. The van der Waals surface area contributed by atoms with Gasteiger partial charge in [-0.2, -0.15) is 10.4 Å². The van der Waals surface area contributed by atoms with Gasteiger partial charge in [0.2, 0.25) is 0 Å². The topological polar surface area (TPSA) is 65.3 Å². The Bertz CT molecular complexity index is 606. The van der Waals surface area contributed by atoms with E-state index in [1.165, 1.54) is 0 Å². The van der Waals surface area contributed by atoms with Crippen molar-refractivity contribution >= 4 is 5.82 Å². The average molecular weight is 329 g/mol. The fourth-order valence-corrected chi connectivity index (χ4v) is 3.82. The largest absolute Gasteiger partial charge is 0.379 e. The summed E-state index contributed by atoms with van der Waals surface area (Å²) in [5.41, 5.74) is 2.76. The van der Waals surface area contributed by atoms with E-state index in [4.69, 9.17) is 4.74 Å². The molecule has 0 amide bonds. The Labute approximate surface area is 144 Å². The summed E-state index contributed by atoms with van der Waals surface area (Å²) in [6.45, 7) is 11.0. The number of ether oxygens (including phenoxy) is 1. The standard InChI is InChI=1S/C18H27N5O/c1-3-15-16(11-19)18(21-20-17(15)4-2)23-6-5-14(13-23)12-22-7-9-24-10-8-22/h14H,3-10,12-13H2,1-2H3. The number of hydrogen-bond acceptors (Lipinski definition) is 6. The first-order valence-corrected chi connectivity index (χ1v) is 9.10. The van der Waals surface area contributed by atoms with Gasteiger partial charge in [-0.1, -0.05) is 13.8 Å². The van der Waals surface area contributed by atoms with Crippen LogP contribution in [-0.2, 0) is 17.6 Å². The highest BCUT2D eigenvalue weighted by Gasteiger charge is 2.28. The van der Waals surface area contributed by atoms with Crippen LogP contribution < -0.4 is 4.90 Å². The molecule has 0 aliphatic carbocycles. The van der Waals surface area contributed by atoms with Crippen molar-refractivity contribution in [2.75, 3.05) is 50.8 Å². The average Bonchev–Trinajstić information content (AvgIpc) is 3.09. The maximum absolute atomic E-state index is 9.67. The zero-order valence-electron chi connectivity index (χ0n) is 14.8. The SMILES string of the molecule is CCc1nnc(N2CCC(CN3CCOCC3)C2)c(C#N)c1CC. The van der Waals surface area contributed by atoms with Crippen LogP contribution in [0.4, 0.5) is 5.82 Å². The van der Waals surface area contributed by atoms with E-state index in [2.05, 4.69) is 39.9 Å². The van der Waals surface area contributed by atoms with Crippen LogP contribution >= 0.6 is 0 Å². The van der Waals surface area contributed by atoms with Gasteiger partial charge in [-0.15, -0.1) is 5.10 Å². The minimum atomic E-state index is 0.632. The van der Waals surface area contributed by atoms with Crippen molar-refractivity contribution in [3.8, 4) is 6.07 Å². The molecular weight excluding hydrogens is 302 g/mol. The van der Waals surface area contributed by atoms with Crippen LogP contribution in [0.15, 0.2) is 0 Å². The van der Waals surface area contributed by atoms with Gasteiger partial charge in [0, 0.05) is 32.7 Å². The van der Waals surface area contributed by atoms with Gasteiger partial charge < -0.3 is 9.64 Å². The molecule has 6 nitrogen and oxygen atoms in total. The number of morpholine rings is 1. The summed E-state index contributed by atoms with van der Waals surface area (Å²) in [6, 6.07) is 2.39. The Balaban J connectivity index is 1.72. The van der Waals surface area contributed by atoms with Gasteiger partial charge in [0.1, 0.15) is 11.6 Å². The van der Waals surface area contributed by atoms with Crippen molar-refractivity contribution in [2.45, 2.75) is 33.1 Å². The highest BCUT2D eigenvalue weighted by molar-refractivity contribution is 5.58. The molecule has 2 fully saturated rings. The summed E-state index contributed by atoms with van der Waals surface area (Å²) in [5, 5.41) is 18.5. The van der Waals surface area contributed by atoms with Crippen LogP contribution in [0.2, 0.25) is 0 Å². The van der Waals surface area contributed by atoms with Gasteiger partial charge in [-0.05, 0) is 30.7 Å². The Morgan fingerprint density at radius 3 is 2.62 bits per heavy atom. The van der Waals surface area contributed by atoms with Crippen LogP contribution in [0.5, 0.6) is 0 Å². The van der Waals surface area contributed by atoms with E-state index in [-0.39, 0.29) is 0 Å². The quantitative estimate of drug-likeness (QED) is 0.818. The molecule has 0 N–H and O–H groups in total. The number of rotatable bonds is 5. The highest BCUT2D eigenvalue weighted by atomic mass is 16.5. The Kier molecular flexibility index (Phi) is 5.64. The lowest BCUT2D eigenvalue weighted by Gasteiger charge is -2.29. The first-order valence-electron chi connectivity index (χ1n) is 9.10. The third kappa shape index (κ3) is 3.52. The van der Waals surface area contributed by atoms with Crippen molar-refractivity contribution in [2.24, 2.45) is 5.92 Å². The second-order valence-electron chi connectivity index (χ2n) is 6.66. The number of hydrogen-bond donors (Lipinski definition) is 0. The third-order valence-corrected chi connectivity index (χ3v) is 5.14. The summed E-state index contributed by atoms with van der Waals surface area (Å²) in [5.74, 6) is 1.42. The van der Waals surface area contributed by atoms with E-state index in [1.807, 2.05) is 0 Å². The summed E-state index contributed by atoms with van der Waals surface area (Å²) in [4.78, 5) is 4.75. The molecule has 1 atom stereocenters. The molecule has 3 rings (SSSR count). The van der Waals surface area contributed by atoms with Gasteiger partial charge >= 0.3 is 0 Å². The van der Waals surface area contributed by atoms with Gasteiger partial charge in [0.05, 0.1) is 18.9 Å². The maximum Gasteiger partial charge on any atom is 0.169 e. The van der Waals surface area contributed by atoms with Crippen LogP contribution in [0.1, 0.15) is 37.1 Å². The van der Waals surface area contributed by atoms with E-state index in [1.54, 1.807) is 0 Å². The molecular formula is C18H27N5O. The molecule has 2 aliphatic heterocycles. The predicted molar refractivity (Wildman–Crippen MR) is 93.1 cm³/mol.